The van der Waals surface area contributed by atoms with E-state index in [2.05, 4.69) is 16.0 Å². The molecule has 31 heavy (non-hydrogen) atoms. The Balaban J connectivity index is 1.58. The van der Waals surface area contributed by atoms with Gasteiger partial charge in [-0.3, -0.25) is 14.9 Å². The van der Waals surface area contributed by atoms with Crippen molar-refractivity contribution >= 4 is 40.5 Å². The minimum atomic E-state index is -0.358. The Morgan fingerprint density at radius 1 is 0.806 bits per heavy atom. The van der Waals surface area contributed by atoms with Crippen molar-refractivity contribution in [1.82, 2.24) is 5.32 Å². The largest absolute Gasteiger partial charge is 0.493 e. The van der Waals surface area contributed by atoms with Gasteiger partial charge in [-0.1, -0.05) is 30.3 Å². The fraction of sp³-hybridized carbons (Fsp3) is 0.125. The number of carbonyl (C=O) groups is 2. The average Bonchev–Trinajstić information content (AvgIpc) is 2.76. The molecule has 0 unspecified atom stereocenters. The number of hydrogen-bond acceptors (Lipinski definition) is 4. The predicted octanol–water partition coefficient (Wildman–Crippen LogP) is 4.77. The Morgan fingerprint density at radius 2 is 1.39 bits per heavy atom. The molecule has 0 fully saturated rings. The highest BCUT2D eigenvalue weighted by Crippen LogP contribution is 2.18. The van der Waals surface area contributed by atoms with Crippen LogP contribution in [0.25, 0.3) is 0 Å². The summed E-state index contributed by atoms with van der Waals surface area (Å²) in [6, 6.07) is 21.4. The normalized spacial score (nSPS) is 10.1. The summed E-state index contributed by atoms with van der Waals surface area (Å²) in [4.78, 5) is 24.9. The van der Waals surface area contributed by atoms with Gasteiger partial charge in [0.25, 0.3) is 11.8 Å². The van der Waals surface area contributed by atoms with Crippen LogP contribution >= 0.6 is 12.2 Å². The molecule has 0 aliphatic heterocycles. The summed E-state index contributed by atoms with van der Waals surface area (Å²) < 4.78 is 5.48. The van der Waals surface area contributed by atoms with Crippen molar-refractivity contribution in [1.29, 1.82) is 0 Å². The molecule has 0 heterocycles. The molecule has 0 spiro atoms. The molecule has 0 aliphatic rings. The van der Waals surface area contributed by atoms with Gasteiger partial charge >= 0.3 is 0 Å². The molecule has 0 radical (unpaired) electrons. The third-order valence-electron chi connectivity index (χ3n) is 4.45. The van der Waals surface area contributed by atoms with Crippen molar-refractivity contribution in [3.05, 3.63) is 89.5 Å². The highest BCUT2D eigenvalue weighted by Gasteiger charge is 2.13. The van der Waals surface area contributed by atoms with E-state index in [0.29, 0.717) is 34.9 Å². The fourth-order valence-electron chi connectivity index (χ4n) is 2.93. The van der Waals surface area contributed by atoms with Gasteiger partial charge in [0.2, 0.25) is 0 Å². The van der Waals surface area contributed by atoms with Crippen molar-refractivity contribution in [2.24, 2.45) is 0 Å². The molecule has 3 aromatic rings. The first-order valence-electron chi connectivity index (χ1n) is 9.79. The van der Waals surface area contributed by atoms with Gasteiger partial charge in [-0.05, 0) is 74.1 Å². The first-order chi connectivity index (χ1) is 15.0. The number of carbonyl (C=O) groups excluding carboxylic acids is 2. The molecular weight excluding hydrogens is 410 g/mol. The first kappa shape index (κ1) is 22.0. The molecular formula is C24H23N3O3S. The van der Waals surface area contributed by atoms with E-state index in [1.54, 1.807) is 54.6 Å². The molecule has 3 N–H and O–H groups in total. The molecule has 6 nitrogen and oxygen atoms in total. The zero-order chi connectivity index (χ0) is 22.2. The smallest absolute Gasteiger partial charge is 0.261 e. The Morgan fingerprint density at radius 3 is 2.03 bits per heavy atom. The lowest BCUT2D eigenvalue weighted by molar-refractivity contribution is 0.0972. The molecule has 2 amide bonds. The van der Waals surface area contributed by atoms with Crippen LogP contribution in [0.2, 0.25) is 0 Å². The van der Waals surface area contributed by atoms with Crippen LogP contribution in [0.4, 0.5) is 11.4 Å². The number of thiocarbonyl (C=S) groups is 1. The number of aryl methyl sites for hydroxylation is 1. The molecule has 0 saturated heterocycles. The van der Waals surface area contributed by atoms with Gasteiger partial charge in [0.15, 0.2) is 5.11 Å². The maximum atomic E-state index is 12.5. The van der Waals surface area contributed by atoms with Crippen LogP contribution in [-0.2, 0) is 0 Å². The van der Waals surface area contributed by atoms with Gasteiger partial charge < -0.3 is 15.4 Å². The van der Waals surface area contributed by atoms with Gasteiger partial charge in [-0.2, -0.15) is 0 Å². The topological polar surface area (TPSA) is 79.5 Å². The highest BCUT2D eigenvalue weighted by atomic mass is 32.1. The van der Waals surface area contributed by atoms with E-state index in [0.717, 1.165) is 5.56 Å². The Kier molecular flexibility index (Phi) is 7.35. The second-order valence-electron chi connectivity index (χ2n) is 6.68. The number of rotatable bonds is 6. The summed E-state index contributed by atoms with van der Waals surface area (Å²) in [5, 5.41) is 8.64. The van der Waals surface area contributed by atoms with Gasteiger partial charge in [-0.25, -0.2) is 0 Å². The number of amides is 2. The molecule has 0 saturated carbocycles. The molecule has 0 aliphatic carbocycles. The van der Waals surface area contributed by atoms with Gasteiger partial charge in [0.1, 0.15) is 5.75 Å². The summed E-state index contributed by atoms with van der Waals surface area (Å²) in [5.74, 6) is -0.0303. The Bertz CT molecular complexity index is 1100. The second kappa shape index (κ2) is 10.4. The van der Waals surface area contributed by atoms with E-state index >= 15 is 0 Å². The minimum Gasteiger partial charge on any atom is -0.493 e. The van der Waals surface area contributed by atoms with Crippen molar-refractivity contribution in [2.75, 3.05) is 17.2 Å². The molecule has 3 aromatic carbocycles. The summed E-state index contributed by atoms with van der Waals surface area (Å²) in [7, 11) is 0. The van der Waals surface area contributed by atoms with Crippen molar-refractivity contribution in [3.8, 4) is 5.75 Å². The van der Waals surface area contributed by atoms with Gasteiger partial charge in [0.05, 0.1) is 12.2 Å². The fourth-order valence-corrected chi connectivity index (χ4v) is 3.14. The highest BCUT2D eigenvalue weighted by molar-refractivity contribution is 7.80. The Labute approximate surface area is 186 Å². The molecule has 0 bridgehead atoms. The van der Waals surface area contributed by atoms with E-state index in [-0.39, 0.29) is 16.9 Å². The van der Waals surface area contributed by atoms with Crippen LogP contribution in [0, 0.1) is 6.92 Å². The quantitative estimate of drug-likeness (QED) is 0.488. The standard InChI is InChI=1S/C24H23N3O3S/c1-3-30-21-11-7-6-10-20(21)23(29)27-24(31)26-18-14-12-17(13-15-18)25-22(28)19-9-5-4-8-16(19)2/h4-15H,3H2,1-2H3,(H,25,28)(H2,26,27,29,31). The SMILES string of the molecule is CCOc1ccccc1C(=O)NC(=S)Nc1ccc(NC(=O)c2ccccc2C)cc1. The van der Waals surface area contributed by atoms with Crippen LogP contribution in [-0.4, -0.2) is 23.5 Å². The van der Waals surface area contributed by atoms with Crippen molar-refractivity contribution in [2.45, 2.75) is 13.8 Å². The summed E-state index contributed by atoms with van der Waals surface area (Å²) in [5.41, 5.74) is 3.27. The number of ether oxygens (including phenoxy) is 1. The number of anilines is 2. The third-order valence-corrected chi connectivity index (χ3v) is 4.65. The molecule has 158 valence electrons. The Hall–Kier alpha value is -3.71. The zero-order valence-corrected chi connectivity index (χ0v) is 18.1. The third kappa shape index (κ3) is 5.90. The van der Waals surface area contributed by atoms with Crippen LogP contribution < -0.4 is 20.7 Å². The maximum absolute atomic E-state index is 12.5. The van der Waals surface area contributed by atoms with Crippen molar-refractivity contribution in [3.63, 3.8) is 0 Å². The maximum Gasteiger partial charge on any atom is 0.261 e. The summed E-state index contributed by atoms with van der Waals surface area (Å²) in [6.07, 6.45) is 0. The minimum absolute atomic E-state index is 0.160. The first-order valence-corrected chi connectivity index (χ1v) is 10.2. The zero-order valence-electron chi connectivity index (χ0n) is 17.3. The van der Waals surface area contributed by atoms with E-state index in [4.69, 9.17) is 17.0 Å². The van der Waals surface area contributed by atoms with Crippen molar-refractivity contribution < 1.29 is 14.3 Å². The lowest BCUT2D eigenvalue weighted by Crippen LogP contribution is -2.34. The monoisotopic (exact) mass is 433 g/mol. The summed E-state index contributed by atoms with van der Waals surface area (Å²) in [6.45, 7) is 4.21. The van der Waals surface area contributed by atoms with E-state index < -0.39 is 0 Å². The van der Waals surface area contributed by atoms with E-state index in [1.165, 1.54) is 0 Å². The van der Waals surface area contributed by atoms with Gasteiger partial charge in [0, 0.05) is 16.9 Å². The number of nitrogens with one attached hydrogen (secondary N) is 3. The molecule has 7 heteroatoms. The van der Waals surface area contributed by atoms with Gasteiger partial charge in [-0.15, -0.1) is 0 Å². The van der Waals surface area contributed by atoms with Crippen LogP contribution in [0.15, 0.2) is 72.8 Å². The lowest BCUT2D eigenvalue weighted by Gasteiger charge is -2.13. The number of para-hydroxylation sites is 1. The number of hydrogen-bond donors (Lipinski definition) is 3. The van der Waals surface area contributed by atoms with E-state index in [9.17, 15) is 9.59 Å². The van der Waals surface area contributed by atoms with Crippen LogP contribution in [0.3, 0.4) is 0 Å². The molecule has 0 aromatic heterocycles. The summed E-state index contributed by atoms with van der Waals surface area (Å²) >= 11 is 5.25. The molecule has 3 rings (SSSR count). The second-order valence-corrected chi connectivity index (χ2v) is 7.09. The predicted molar refractivity (Wildman–Crippen MR) is 127 cm³/mol. The number of benzene rings is 3. The van der Waals surface area contributed by atoms with Crippen LogP contribution in [0.5, 0.6) is 5.75 Å². The van der Waals surface area contributed by atoms with Crippen LogP contribution in [0.1, 0.15) is 33.2 Å². The average molecular weight is 434 g/mol. The van der Waals surface area contributed by atoms with E-state index in [1.807, 2.05) is 32.0 Å². The molecule has 0 atom stereocenters. The lowest BCUT2D eigenvalue weighted by atomic mass is 10.1.